The number of nitrogens with zero attached hydrogens (tertiary/aromatic N) is 4. The standard InChI is InChI=1S/C19H30N4O2/c1-14-10-20-22(11-14)12-15-5-7-21(8-6-15)18(25)16-9-17(24)23(13-16)19(2,3)4/h10-11,15-16H,5-9,12-13H2,1-4H3. The number of carbonyl (C=O) groups excluding carboxylic acids is 2. The molecular formula is C19H30N4O2. The highest BCUT2D eigenvalue weighted by Crippen LogP contribution is 2.28. The van der Waals surface area contributed by atoms with Gasteiger partial charge in [0.2, 0.25) is 11.8 Å². The van der Waals surface area contributed by atoms with E-state index in [1.807, 2.05) is 41.4 Å². The lowest BCUT2D eigenvalue weighted by molar-refractivity contribution is -0.137. The van der Waals surface area contributed by atoms with Crippen LogP contribution in [0.5, 0.6) is 0 Å². The Morgan fingerprint density at radius 3 is 2.48 bits per heavy atom. The van der Waals surface area contributed by atoms with E-state index in [-0.39, 0.29) is 23.3 Å². The number of piperidine rings is 1. The molecule has 25 heavy (non-hydrogen) atoms. The maximum atomic E-state index is 12.8. The van der Waals surface area contributed by atoms with Crippen LogP contribution in [0.2, 0.25) is 0 Å². The Hall–Kier alpha value is -1.85. The molecule has 0 aromatic carbocycles. The molecule has 138 valence electrons. The third-order valence-corrected chi connectivity index (χ3v) is 5.42. The first-order chi connectivity index (χ1) is 11.7. The molecule has 0 radical (unpaired) electrons. The van der Waals surface area contributed by atoms with E-state index in [9.17, 15) is 9.59 Å². The van der Waals surface area contributed by atoms with Crippen LogP contribution in [-0.4, -0.2) is 56.6 Å². The number of rotatable bonds is 3. The largest absolute Gasteiger partial charge is 0.342 e. The van der Waals surface area contributed by atoms with Crippen LogP contribution in [0.15, 0.2) is 12.4 Å². The molecular weight excluding hydrogens is 316 g/mol. The van der Waals surface area contributed by atoms with Gasteiger partial charge in [-0.1, -0.05) is 0 Å². The predicted octanol–water partition coefficient (Wildman–Crippen LogP) is 2.08. The van der Waals surface area contributed by atoms with Gasteiger partial charge in [-0.05, 0) is 52.0 Å². The first-order valence-corrected chi connectivity index (χ1v) is 9.32. The van der Waals surface area contributed by atoms with Crippen LogP contribution in [0.4, 0.5) is 0 Å². The normalized spacial score (nSPS) is 22.7. The van der Waals surface area contributed by atoms with Crippen LogP contribution in [0.1, 0.15) is 45.6 Å². The highest BCUT2D eigenvalue weighted by Gasteiger charge is 2.41. The molecule has 0 aliphatic carbocycles. The molecule has 0 bridgehead atoms. The van der Waals surface area contributed by atoms with Crippen molar-refractivity contribution in [1.82, 2.24) is 19.6 Å². The molecule has 2 saturated heterocycles. The van der Waals surface area contributed by atoms with E-state index in [1.165, 1.54) is 5.56 Å². The van der Waals surface area contributed by atoms with Gasteiger partial charge in [-0.25, -0.2) is 0 Å². The van der Waals surface area contributed by atoms with Crippen LogP contribution in [0, 0.1) is 18.8 Å². The number of hydrogen-bond donors (Lipinski definition) is 0. The molecule has 0 spiro atoms. The molecule has 2 aliphatic rings. The van der Waals surface area contributed by atoms with Crippen molar-refractivity contribution in [3.63, 3.8) is 0 Å². The van der Waals surface area contributed by atoms with Crippen molar-refractivity contribution in [3.8, 4) is 0 Å². The number of aryl methyl sites for hydroxylation is 1. The SMILES string of the molecule is Cc1cnn(CC2CCN(C(=O)C3CC(=O)N(C(C)(C)C)C3)CC2)c1. The highest BCUT2D eigenvalue weighted by atomic mass is 16.2. The average Bonchev–Trinajstić information content (AvgIpc) is 3.13. The fourth-order valence-corrected chi connectivity index (χ4v) is 3.95. The predicted molar refractivity (Wildman–Crippen MR) is 95.8 cm³/mol. The fraction of sp³-hybridized carbons (Fsp3) is 0.737. The molecule has 0 saturated carbocycles. The molecule has 6 nitrogen and oxygen atoms in total. The monoisotopic (exact) mass is 346 g/mol. The summed E-state index contributed by atoms with van der Waals surface area (Å²) in [6.45, 7) is 11.2. The van der Waals surface area contributed by atoms with Gasteiger partial charge in [0, 0.05) is 44.3 Å². The lowest BCUT2D eigenvalue weighted by Gasteiger charge is -2.34. The maximum Gasteiger partial charge on any atom is 0.227 e. The van der Waals surface area contributed by atoms with Crippen LogP contribution in [0.25, 0.3) is 0 Å². The van der Waals surface area contributed by atoms with Crippen molar-refractivity contribution in [2.24, 2.45) is 11.8 Å². The Bertz CT molecular complexity index is 638. The van der Waals surface area contributed by atoms with Gasteiger partial charge in [0.15, 0.2) is 0 Å². The van der Waals surface area contributed by atoms with E-state index in [0.717, 1.165) is 32.5 Å². The minimum atomic E-state index is -0.207. The summed E-state index contributed by atoms with van der Waals surface area (Å²) in [6, 6.07) is 0. The highest BCUT2D eigenvalue weighted by molar-refractivity contribution is 5.89. The summed E-state index contributed by atoms with van der Waals surface area (Å²) in [6.07, 6.45) is 6.34. The lowest BCUT2D eigenvalue weighted by atomic mass is 9.95. The first-order valence-electron chi connectivity index (χ1n) is 9.32. The fourth-order valence-electron chi connectivity index (χ4n) is 3.95. The molecule has 3 rings (SSSR count). The zero-order valence-electron chi connectivity index (χ0n) is 15.9. The summed E-state index contributed by atoms with van der Waals surface area (Å²) in [7, 11) is 0. The van der Waals surface area contributed by atoms with Gasteiger partial charge in [0.25, 0.3) is 0 Å². The van der Waals surface area contributed by atoms with Crippen molar-refractivity contribution >= 4 is 11.8 Å². The summed E-state index contributed by atoms with van der Waals surface area (Å²) in [5.41, 5.74) is 0.975. The van der Waals surface area contributed by atoms with Crippen molar-refractivity contribution in [2.75, 3.05) is 19.6 Å². The van der Waals surface area contributed by atoms with Crippen molar-refractivity contribution < 1.29 is 9.59 Å². The number of amides is 2. The molecule has 3 heterocycles. The minimum absolute atomic E-state index is 0.106. The Balaban J connectivity index is 1.51. The van der Waals surface area contributed by atoms with Crippen LogP contribution in [-0.2, 0) is 16.1 Å². The smallest absolute Gasteiger partial charge is 0.227 e. The Morgan fingerprint density at radius 2 is 1.96 bits per heavy atom. The van der Waals surface area contributed by atoms with Crippen LogP contribution in [0.3, 0.4) is 0 Å². The summed E-state index contributed by atoms with van der Waals surface area (Å²) in [4.78, 5) is 28.9. The number of aromatic nitrogens is 2. The molecule has 0 N–H and O–H groups in total. The molecule has 1 aromatic heterocycles. The Morgan fingerprint density at radius 1 is 1.28 bits per heavy atom. The zero-order valence-corrected chi connectivity index (χ0v) is 15.9. The van der Waals surface area contributed by atoms with Gasteiger partial charge in [-0.15, -0.1) is 0 Å². The van der Waals surface area contributed by atoms with Gasteiger partial charge in [0.1, 0.15) is 0 Å². The van der Waals surface area contributed by atoms with E-state index in [0.29, 0.717) is 18.9 Å². The van der Waals surface area contributed by atoms with E-state index in [2.05, 4.69) is 18.2 Å². The van der Waals surface area contributed by atoms with E-state index in [4.69, 9.17) is 0 Å². The summed E-state index contributed by atoms with van der Waals surface area (Å²) >= 11 is 0. The average molecular weight is 346 g/mol. The summed E-state index contributed by atoms with van der Waals surface area (Å²) in [5.74, 6) is 0.667. The number of hydrogen-bond acceptors (Lipinski definition) is 3. The molecule has 6 heteroatoms. The Kier molecular flexibility index (Phi) is 4.89. The van der Waals surface area contributed by atoms with Crippen LogP contribution < -0.4 is 0 Å². The molecule has 2 aliphatic heterocycles. The second-order valence-electron chi connectivity index (χ2n) is 8.58. The second kappa shape index (κ2) is 6.81. The second-order valence-corrected chi connectivity index (χ2v) is 8.58. The Labute approximate surface area is 150 Å². The maximum absolute atomic E-state index is 12.8. The summed E-state index contributed by atoms with van der Waals surface area (Å²) in [5, 5.41) is 4.36. The van der Waals surface area contributed by atoms with Gasteiger partial charge in [0.05, 0.1) is 12.1 Å². The van der Waals surface area contributed by atoms with Crippen molar-refractivity contribution in [2.45, 2.75) is 59.0 Å². The molecule has 1 atom stereocenters. The molecule has 2 fully saturated rings. The van der Waals surface area contributed by atoms with Crippen molar-refractivity contribution in [1.29, 1.82) is 0 Å². The van der Waals surface area contributed by atoms with Gasteiger partial charge >= 0.3 is 0 Å². The first kappa shape index (κ1) is 18.0. The van der Waals surface area contributed by atoms with Gasteiger partial charge in [-0.3, -0.25) is 14.3 Å². The zero-order chi connectivity index (χ0) is 18.2. The number of likely N-dealkylation sites (tertiary alicyclic amines) is 2. The third kappa shape index (κ3) is 4.05. The number of carbonyl (C=O) groups is 2. The van der Waals surface area contributed by atoms with E-state index in [1.54, 1.807) is 0 Å². The quantitative estimate of drug-likeness (QED) is 0.842. The molecule has 1 unspecified atom stereocenters. The third-order valence-electron chi connectivity index (χ3n) is 5.42. The summed E-state index contributed by atoms with van der Waals surface area (Å²) < 4.78 is 2.01. The minimum Gasteiger partial charge on any atom is -0.342 e. The topological polar surface area (TPSA) is 58.4 Å². The van der Waals surface area contributed by atoms with E-state index < -0.39 is 0 Å². The van der Waals surface area contributed by atoms with Crippen molar-refractivity contribution in [3.05, 3.63) is 18.0 Å². The van der Waals surface area contributed by atoms with Crippen LogP contribution >= 0.6 is 0 Å². The molecule has 1 aromatic rings. The van der Waals surface area contributed by atoms with Gasteiger partial charge in [-0.2, -0.15) is 5.10 Å². The van der Waals surface area contributed by atoms with E-state index >= 15 is 0 Å². The lowest BCUT2D eigenvalue weighted by Crippen LogP contribution is -2.45. The van der Waals surface area contributed by atoms with Gasteiger partial charge < -0.3 is 9.80 Å². The molecule has 2 amide bonds.